The lowest BCUT2D eigenvalue weighted by atomic mass is 10.0. The van der Waals surface area contributed by atoms with E-state index in [2.05, 4.69) is 31.1 Å². The topological polar surface area (TPSA) is 59.0 Å². The first-order valence-electron chi connectivity index (χ1n) is 10.6. The summed E-state index contributed by atoms with van der Waals surface area (Å²) in [6, 6.07) is 18.5. The molecule has 2 aromatic carbocycles. The van der Waals surface area contributed by atoms with Crippen LogP contribution in [0.4, 0.5) is 4.79 Å². The molecule has 4 atom stereocenters. The van der Waals surface area contributed by atoms with E-state index in [1.165, 1.54) is 0 Å². The number of nitrogens with zero attached hydrogens (tertiary/aromatic N) is 1. The number of aliphatic hydroxyl groups is 1. The van der Waals surface area contributed by atoms with E-state index in [-0.39, 0.29) is 12.6 Å². The molecule has 0 saturated carbocycles. The van der Waals surface area contributed by atoms with Crippen LogP contribution in [0.2, 0.25) is 19.6 Å². The quantitative estimate of drug-likeness (QED) is 0.515. The lowest BCUT2D eigenvalue weighted by Crippen LogP contribution is -2.49. The monoisotopic (exact) mass is 437 g/mol. The van der Waals surface area contributed by atoms with E-state index >= 15 is 0 Å². The lowest BCUT2D eigenvalue weighted by Gasteiger charge is -2.33. The molecule has 5 nitrogen and oxygen atoms in total. The second-order valence-electron chi connectivity index (χ2n) is 8.87. The van der Waals surface area contributed by atoms with Gasteiger partial charge in [-0.3, -0.25) is 4.90 Å². The highest BCUT2D eigenvalue weighted by Gasteiger charge is 2.43. The van der Waals surface area contributed by atoms with Gasteiger partial charge in [-0.05, 0) is 18.1 Å². The minimum absolute atomic E-state index is 0.236. The van der Waals surface area contributed by atoms with E-state index in [1.54, 1.807) is 4.90 Å². The van der Waals surface area contributed by atoms with Crippen molar-refractivity contribution < 1.29 is 19.4 Å². The molecule has 0 bridgehead atoms. The molecule has 2 aromatic rings. The second kappa shape index (κ2) is 10.1. The van der Waals surface area contributed by atoms with Crippen molar-refractivity contribution in [3.63, 3.8) is 0 Å². The molecular weight excluding hydrogens is 406 g/mol. The molecular formula is C25H31NO4Si. The van der Waals surface area contributed by atoms with Crippen molar-refractivity contribution in [2.75, 3.05) is 6.61 Å². The van der Waals surface area contributed by atoms with Gasteiger partial charge < -0.3 is 14.6 Å². The standard InChI is InChI=1S/C25H31NO4Si/c1-19(29-17-20-11-7-5-8-12-20)24(27)22(15-16-31(2,3)4)26-23(18-30-25(26)28)21-13-9-6-10-14-21/h5-14,19,22-24,27H,17-18H2,1-4H3. The zero-order valence-corrected chi connectivity index (χ0v) is 19.6. The normalized spacial score (nSPS) is 19.2. The SMILES string of the molecule is CC(OCc1ccccc1)C(O)C(C#C[Si](C)(C)C)N1C(=O)OCC1c1ccccc1. The van der Waals surface area contributed by atoms with E-state index in [9.17, 15) is 9.90 Å². The summed E-state index contributed by atoms with van der Waals surface area (Å²) in [6.45, 7) is 8.83. The Morgan fingerprint density at radius 3 is 2.35 bits per heavy atom. The van der Waals surface area contributed by atoms with Gasteiger partial charge in [0.15, 0.2) is 0 Å². The largest absolute Gasteiger partial charge is 0.447 e. The van der Waals surface area contributed by atoms with Crippen LogP contribution in [0.25, 0.3) is 0 Å². The van der Waals surface area contributed by atoms with Gasteiger partial charge in [0, 0.05) is 0 Å². The summed E-state index contributed by atoms with van der Waals surface area (Å²) in [4.78, 5) is 14.3. The summed E-state index contributed by atoms with van der Waals surface area (Å²) >= 11 is 0. The highest BCUT2D eigenvalue weighted by Crippen LogP contribution is 2.31. The van der Waals surface area contributed by atoms with Gasteiger partial charge in [-0.1, -0.05) is 86.2 Å². The van der Waals surface area contributed by atoms with Crippen LogP contribution in [0.15, 0.2) is 60.7 Å². The number of carbonyl (C=O) groups excluding carboxylic acids is 1. The number of carbonyl (C=O) groups is 1. The average molecular weight is 438 g/mol. The predicted molar refractivity (Wildman–Crippen MR) is 124 cm³/mol. The number of amides is 1. The summed E-state index contributed by atoms with van der Waals surface area (Å²) in [7, 11) is -1.74. The first-order chi connectivity index (χ1) is 14.8. The van der Waals surface area contributed by atoms with Crippen molar-refractivity contribution in [1.82, 2.24) is 4.90 Å². The fourth-order valence-corrected chi connectivity index (χ4v) is 4.02. The Kier molecular flexibility index (Phi) is 7.55. The molecule has 4 unspecified atom stereocenters. The molecule has 164 valence electrons. The Balaban J connectivity index is 1.85. The Labute approximate surface area is 186 Å². The van der Waals surface area contributed by atoms with Crippen LogP contribution in [0.3, 0.4) is 0 Å². The Bertz CT molecular complexity index is 917. The maximum Gasteiger partial charge on any atom is 0.411 e. The third kappa shape index (κ3) is 6.20. The van der Waals surface area contributed by atoms with Gasteiger partial charge in [-0.2, -0.15) is 0 Å². The molecule has 1 fully saturated rings. The van der Waals surface area contributed by atoms with E-state index in [0.717, 1.165) is 11.1 Å². The number of hydrogen-bond acceptors (Lipinski definition) is 4. The minimum Gasteiger partial charge on any atom is -0.447 e. The highest BCUT2D eigenvalue weighted by atomic mass is 28.3. The molecule has 0 aromatic heterocycles. The summed E-state index contributed by atoms with van der Waals surface area (Å²) in [5.74, 6) is 3.22. The summed E-state index contributed by atoms with van der Waals surface area (Å²) < 4.78 is 11.3. The van der Waals surface area contributed by atoms with Crippen LogP contribution in [0.1, 0.15) is 24.1 Å². The van der Waals surface area contributed by atoms with Crippen LogP contribution in [0, 0.1) is 11.5 Å². The third-order valence-corrected chi connectivity index (χ3v) is 6.04. The Morgan fingerprint density at radius 2 is 1.74 bits per heavy atom. The van der Waals surface area contributed by atoms with Gasteiger partial charge in [0.1, 0.15) is 26.8 Å². The van der Waals surface area contributed by atoms with Gasteiger partial charge in [0.25, 0.3) is 0 Å². The molecule has 0 aliphatic carbocycles. The van der Waals surface area contributed by atoms with Crippen molar-refractivity contribution in [3.8, 4) is 11.5 Å². The molecule has 0 radical (unpaired) electrons. The van der Waals surface area contributed by atoms with E-state index in [4.69, 9.17) is 9.47 Å². The minimum atomic E-state index is -1.74. The van der Waals surface area contributed by atoms with Crippen molar-refractivity contribution in [2.45, 2.75) is 57.5 Å². The molecule has 1 amide bonds. The van der Waals surface area contributed by atoms with Gasteiger partial charge >= 0.3 is 6.09 Å². The Morgan fingerprint density at radius 1 is 1.13 bits per heavy atom. The molecule has 1 heterocycles. The lowest BCUT2D eigenvalue weighted by molar-refractivity contribution is -0.0569. The van der Waals surface area contributed by atoms with E-state index in [1.807, 2.05) is 67.6 Å². The zero-order valence-electron chi connectivity index (χ0n) is 18.6. The molecule has 1 aliphatic heterocycles. The van der Waals surface area contributed by atoms with Gasteiger partial charge in [-0.15, -0.1) is 5.54 Å². The summed E-state index contributed by atoms with van der Waals surface area (Å²) in [6.07, 6.45) is -1.96. The van der Waals surface area contributed by atoms with Gasteiger partial charge in [0.05, 0.1) is 18.8 Å². The third-order valence-electron chi connectivity index (χ3n) is 5.15. The fourth-order valence-electron chi connectivity index (χ4n) is 3.44. The molecule has 1 N–H and O–H groups in total. The number of rotatable bonds is 7. The molecule has 1 saturated heterocycles. The number of benzene rings is 2. The Hall–Kier alpha value is -2.59. The number of hydrogen-bond donors (Lipinski definition) is 1. The van der Waals surface area contributed by atoms with Crippen LogP contribution < -0.4 is 0 Å². The van der Waals surface area contributed by atoms with Gasteiger partial charge in [0.2, 0.25) is 0 Å². The molecule has 3 rings (SSSR count). The maximum atomic E-state index is 12.7. The molecule has 0 spiro atoms. The first-order valence-corrected chi connectivity index (χ1v) is 14.1. The highest BCUT2D eigenvalue weighted by molar-refractivity contribution is 6.83. The molecule has 1 aliphatic rings. The number of ether oxygens (including phenoxy) is 2. The zero-order chi connectivity index (χ0) is 22.4. The predicted octanol–water partition coefficient (Wildman–Crippen LogP) is 4.40. The maximum absolute atomic E-state index is 12.7. The van der Waals surface area contributed by atoms with Crippen molar-refractivity contribution >= 4 is 14.2 Å². The van der Waals surface area contributed by atoms with Gasteiger partial charge in [-0.25, -0.2) is 4.79 Å². The molecule has 31 heavy (non-hydrogen) atoms. The number of aliphatic hydroxyl groups excluding tert-OH is 1. The average Bonchev–Trinajstić information content (AvgIpc) is 3.14. The summed E-state index contributed by atoms with van der Waals surface area (Å²) in [5, 5.41) is 11.2. The second-order valence-corrected chi connectivity index (χ2v) is 13.6. The van der Waals surface area contributed by atoms with E-state index in [0.29, 0.717) is 6.61 Å². The molecule has 6 heteroatoms. The smallest absolute Gasteiger partial charge is 0.411 e. The van der Waals surface area contributed by atoms with E-state index < -0.39 is 32.4 Å². The van der Waals surface area contributed by atoms with Crippen molar-refractivity contribution in [3.05, 3.63) is 71.8 Å². The van der Waals surface area contributed by atoms with Crippen LogP contribution in [-0.2, 0) is 16.1 Å². The van der Waals surface area contributed by atoms with Crippen LogP contribution in [-0.4, -0.2) is 49.0 Å². The summed E-state index contributed by atoms with van der Waals surface area (Å²) in [5.41, 5.74) is 5.30. The number of cyclic esters (lactones) is 1. The van der Waals surface area contributed by atoms with Crippen molar-refractivity contribution in [1.29, 1.82) is 0 Å². The van der Waals surface area contributed by atoms with Crippen LogP contribution >= 0.6 is 0 Å². The van der Waals surface area contributed by atoms with Crippen LogP contribution in [0.5, 0.6) is 0 Å². The first kappa shape index (κ1) is 23.1. The van der Waals surface area contributed by atoms with Crippen molar-refractivity contribution in [2.24, 2.45) is 0 Å². The fraction of sp³-hybridized carbons (Fsp3) is 0.400.